The third-order valence-electron chi connectivity index (χ3n) is 6.74. The van der Waals surface area contributed by atoms with E-state index in [1.807, 2.05) is 0 Å². The van der Waals surface area contributed by atoms with Crippen molar-refractivity contribution in [3.8, 4) is 23.0 Å². The van der Waals surface area contributed by atoms with E-state index < -0.39 is 17.7 Å². The Balaban J connectivity index is 1.62. The van der Waals surface area contributed by atoms with Gasteiger partial charge in [-0.25, -0.2) is 0 Å². The summed E-state index contributed by atoms with van der Waals surface area (Å²) in [5.41, 5.74) is 1.00. The maximum atomic E-state index is 13.3. The first-order valence-electron chi connectivity index (χ1n) is 11.6. The van der Waals surface area contributed by atoms with Crippen molar-refractivity contribution in [1.29, 1.82) is 0 Å². The fourth-order valence-corrected chi connectivity index (χ4v) is 4.95. The van der Waals surface area contributed by atoms with Gasteiger partial charge in [0.1, 0.15) is 11.5 Å². The minimum absolute atomic E-state index is 0.0191. The van der Waals surface area contributed by atoms with E-state index >= 15 is 0 Å². The van der Waals surface area contributed by atoms with Crippen LogP contribution in [-0.4, -0.2) is 73.8 Å². The Morgan fingerprint density at radius 2 is 1.86 bits per heavy atom. The molecular weight excluding hydrogens is 452 g/mol. The van der Waals surface area contributed by atoms with E-state index in [1.165, 1.54) is 19.1 Å². The lowest BCUT2D eigenvalue weighted by Crippen LogP contribution is -2.37. The summed E-state index contributed by atoms with van der Waals surface area (Å²) in [5.74, 6) is 0.264. The van der Waals surface area contributed by atoms with Crippen LogP contribution in [0, 0.1) is 0 Å². The van der Waals surface area contributed by atoms with Crippen LogP contribution in [0.5, 0.6) is 23.0 Å². The van der Waals surface area contributed by atoms with Crippen molar-refractivity contribution in [1.82, 2.24) is 9.80 Å². The molecule has 3 heterocycles. The second-order valence-electron chi connectivity index (χ2n) is 8.73. The summed E-state index contributed by atoms with van der Waals surface area (Å²) in [6, 6.07) is 9.42. The van der Waals surface area contributed by atoms with Gasteiger partial charge in [0, 0.05) is 18.7 Å². The number of carbonyl (C=O) groups excluding carboxylic acids is 2. The number of aliphatic hydroxyl groups excluding tert-OH is 1. The summed E-state index contributed by atoms with van der Waals surface area (Å²) in [4.78, 5) is 30.4. The molecule has 0 aliphatic carbocycles. The molecule has 2 aromatic carbocycles. The third-order valence-corrected chi connectivity index (χ3v) is 6.74. The van der Waals surface area contributed by atoms with Gasteiger partial charge < -0.3 is 33.9 Å². The van der Waals surface area contributed by atoms with Gasteiger partial charge in [0.15, 0.2) is 11.5 Å². The molecule has 1 N–H and O–H groups in total. The van der Waals surface area contributed by atoms with Gasteiger partial charge >= 0.3 is 0 Å². The van der Waals surface area contributed by atoms with Gasteiger partial charge in [-0.1, -0.05) is 12.1 Å². The maximum absolute atomic E-state index is 13.3. The molecule has 35 heavy (non-hydrogen) atoms. The molecule has 0 saturated carbocycles. The first-order chi connectivity index (χ1) is 17.0. The van der Waals surface area contributed by atoms with Gasteiger partial charge in [0.2, 0.25) is 12.5 Å². The van der Waals surface area contributed by atoms with Crippen molar-refractivity contribution < 1.29 is 33.6 Å². The Bertz CT molecular complexity index is 1190. The van der Waals surface area contributed by atoms with Crippen molar-refractivity contribution in [2.45, 2.75) is 18.9 Å². The van der Waals surface area contributed by atoms with Crippen LogP contribution < -0.4 is 18.9 Å². The molecule has 2 aromatic rings. The monoisotopic (exact) mass is 480 g/mol. The number of ketones is 1. The molecule has 0 radical (unpaired) electrons. The first kappa shape index (κ1) is 23.0. The number of methoxy groups -OCH3 is 2. The van der Waals surface area contributed by atoms with Crippen LogP contribution in [-0.2, 0) is 9.59 Å². The number of benzene rings is 2. The molecule has 5 rings (SSSR count). The van der Waals surface area contributed by atoms with Crippen molar-refractivity contribution in [2.24, 2.45) is 0 Å². The van der Waals surface area contributed by atoms with Crippen LogP contribution in [0.15, 0.2) is 42.0 Å². The predicted molar refractivity (Wildman–Crippen MR) is 127 cm³/mol. The van der Waals surface area contributed by atoms with Crippen LogP contribution in [0.4, 0.5) is 0 Å². The smallest absolute Gasteiger partial charge is 0.295 e. The molecule has 0 spiro atoms. The highest BCUT2D eigenvalue weighted by atomic mass is 16.7. The van der Waals surface area contributed by atoms with Crippen molar-refractivity contribution in [3.63, 3.8) is 0 Å². The quantitative estimate of drug-likeness (QED) is 0.367. The standard InChI is InChI=1S/C26H28N2O7/c1-32-18-7-5-6-16(12-18)23(29)21-22(17-13-19(33-2)25-20(14-17)34-15-35-25)28(26(31)24(21)30)11-10-27-8-3-4-9-27/h5-7,12-14,22,29H,3-4,8-11,15H2,1-2H3/b23-21+. The Kier molecular flexibility index (Phi) is 6.25. The van der Waals surface area contributed by atoms with Crippen LogP contribution in [0.2, 0.25) is 0 Å². The van der Waals surface area contributed by atoms with E-state index in [1.54, 1.807) is 36.4 Å². The van der Waals surface area contributed by atoms with E-state index in [0.29, 0.717) is 47.2 Å². The fraction of sp³-hybridized carbons (Fsp3) is 0.385. The third kappa shape index (κ3) is 4.16. The maximum Gasteiger partial charge on any atom is 0.295 e. The number of carbonyl (C=O) groups is 2. The summed E-state index contributed by atoms with van der Waals surface area (Å²) in [6.45, 7) is 2.98. The van der Waals surface area contributed by atoms with Crippen LogP contribution in [0.25, 0.3) is 5.76 Å². The first-order valence-corrected chi connectivity index (χ1v) is 11.6. The predicted octanol–water partition coefficient (Wildman–Crippen LogP) is 2.95. The molecule has 9 nitrogen and oxygen atoms in total. The average molecular weight is 481 g/mol. The van der Waals surface area contributed by atoms with Gasteiger partial charge in [-0.15, -0.1) is 0 Å². The minimum Gasteiger partial charge on any atom is -0.507 e. The molecule has 3 aliphatic heterocycles. The molecule has 1 atom stereocenters. The second-order valence-corrected chi connectivity index (χ2v) is 8.73. The summed E-state index contributed by atoms with van der Waals surface area (Å²) < 4.78 is 21.9. The second kappa shape index (κ2) is 9.50. The lowest BCUT2D eigenvalue weighted by atomic mass is 9.94. The Hall–Kier alpha value is -3.72. The van der Waals surface area contributed by atoms with Crippen molar-refractivity contribution in [2.75, 3.05) is 47.2 Å². The van der Waals surface area contributed by atoms with Crippen LogP contribution in [0.1, 0.15) is 30.0 Å². The zero-order chi connectivity index (χ0) is 24.5. The van der Waals surface area contributed by atoms with Crippen LogP contribution in [0.3, 0.4) is 0 Å². The number of likely N-dealkylation sites (tertiary alicyclic amines) is 2. The van der Waals surface area contributed by atoms with E-state index in [-0.39, 0.29) is 18.1 Å². The average Bonchev–Trinajstić information content (AvgIpc) is 3.63. The summed E-state index contributed by atoms with van der Waals surface area (Å²) in [5, 5.41) is 11.3. The van der Waals surface area contributed by atoms with Crippen molar-refractivity contribution in [3.05, 3.63) is 53.1 Å². The van der Waals surface area contributed by atoms with Crippen LogP contribution >= 0.6 is 0 Å². The highest BCUT2D eigenvalue weighted by molar-refractivity contribution is 6.46. The number of ether oxygens (including phenoxy) is 4. The minimum atomic E-state index is -0.813. The van der Waals surface area contributed by atoms with E-state index in [9.17, 15) is 14.7 Å². The largest absolute Gasteiger partial charge is 0.507 e. The van der Waals surface area contributed by atoms with E-state index in [0.717, 1.165) is 25.9 Å². The number of amides is 1. The van der Waals surface area contributed by atoms with Gasteiger partial charge in [0.05, 0.1) is 25.8 Å². The lowest BCUT2D eigenvalue weighted by molar-refractivity contribution is -0.140. The van der Waals surface area contributed by atoms with Gasteiger partial charge in [-0.05, 0) is 55.8 Å². The summed E-state index contributed by atoms with van der Waals surface area (Å²) in [7, 11) is 3.04. The summed E-state index contributed by atoms with van der Waals surface area (Å²) in [6.07, 6.45) is 2.24. The number of nitrogens with zero attached hydrogens (tertiary/aromatic N) is 2. The highest BCUT2D eigenvalue weighted by Gasteiger charge is 2.46. The Morgan fingerprint density at radius 1 is 1.06 bits per heavy atom. The molecule has 184 valence electrons. The number of rotatable bonds is 7. The zero-order valence-corrected chi connectivity index (χ0v) is 19.8. The topological polar surface area (TPSA) is 97.8 Å². The highest BCUT2D eigenvalue weighted by Crippen LogP contribution is 2.47. The molecule has 2 fully saturated rings. The summed E-state index contributed by atoms with van der Waals surface area (Å²) >= 11 is 0. The molecule has 2 saturated heterocycles. The zero-order valence-electron chi connectivity index (χ0n) is 19.8. The normalized spacial score (nSPS) is 21.1. The molecule has 1 unspecified atom stereocenters. The van der Waals surface area contributed by atoms with Gasteiger partial charge in [0.25, 0.3) is 11.7 Å². The molecule has 0 aromatic heterocycles. The lowest BCUT2D eigenvalue weighted by Gasteiger charge is -2.27. The molecule has 0 bridgehead atoms. The number of fused-ring (bicyclic) bond motifs is 1. The van der Waals surface area contributed by atoms with Gasteiger partial charge in [-0.2, -0.15) is 0 Å². The van der Waals surface area contributed by atoms with Gasteiger partial charge in [-0.3, -0.25) is 9.59 Å². The van der Waals surface area contributed by atoms with E-state index in [4.69, 9.17) is 18.9 Å². The molecule has 3 aliphatic rings. The molecule has 1 amide bonds. The number of aliphatic hydroxyl groups is 1. The number of Topliss-reactive ketones (excluding diaryl/α,β-unsaturated/α-hetero) is 1. The van der Waals surface area contributed by atoms with E-state index in [2.05, 4.69) is 4.90 Å². The Morgan fingerprint density at radius 3 is 2.60 bits per heavy atom. The Labute approximate surface area is 203 Å². The fourth-order valence-electron chi connectivity index (χ4n) is 4.95. The number of hydrogen-bond acceptors (Lipinski definition) is 8. The molecule has 9 heteroatoms. The molecular formula is C26H28N2O7. The number of hydrogen-bond donors (Lipinski definition) is 1. The SMILES string of the molecule is COc1cccc(/C(O)=C2\C(=O)C(=O)N(CCN3CCCC3)C2c2cc(OC)c3c(c2)OCO3)c1. The van der Waals surface area contributed by atoms with Crippen molar-refractivity contribution >= 4 is 17.4 Å².